The van der Waals surface area contributed by atoms with Gasteiger partial charge in [-0.2, -0.15) is 0 Å². The van der Waals surface area contributed by atoms with E-state index in [0.29, 0.717) is 17.5 Å². The van der Waals surface area contributed by atoms with E-state index in [1.165, 1.54) is 19.1 Å². The van der Waals surface area contributed by atoms with Crippen molar-refractivity contribution in [1.82, 2.24) is 0 Å². The van der Waals surface area contributed by atoms with Crippen molar-refractivity contribution in [3.63, 3.8) is 0 Å². The Labute approximate surface area is 125 Å². The number of hydrogen-bond donors (Lipinski definition) is 0. The molecule has 2 aromatic rings. The molecule has 2 rings (SSSR count). The first-order chi connectivity index (χ1) is 10.4. The monoisotopic (exact) mass is 300 g/mol. The largest absolute Gasteiger partial charge is 0.295 e. The molecule has 0 heterocycles. The molecule has 0 aliphatic heterocycles. The second-order valence-electron chi connectivity index (χ2n) is 4.80. The van der Waals surface area contributed by atoms with E-state index in [1.54, 1.807) is 24.3 Å². The van der Waals surface area contributed by atoms with Crippen LogP contribution >= 0.6 is 0 Å². The van der Waals surface area contributed by atoms with Gasteiger partial charge in [0.05, 0.1) is 15.9 Å². The van der Waals surface area contributed by atoms with Gasteiger partial charge in [-0.1, -0.05) is 24.3 Å². The van der Waals surface area contributed by atoms with E-state index in [-0.39, 0.29) is 17.2 Å². The number of benzene rings is 2. The fourth-order valence-electron chi connectivity index (χ4n) is 2.06. The first-order valence-electron chi connectivity index (χ1n) is 6.39. The highest BCUT2D eigenvalue weighted by molar-refractivity contribution is 5.94. The number of ketones is 1. The Kier molecular flexibility index (Phi) is 4.26. The number of Topliss-reactive ketones (excluding diaryl/α,β-unsaturated/α-hetero) is 1. The van der Waals surface area contributed by atoms with Gasteiger partial charge in [-0.25, -0.2) is 0 Å². The van der Waals surface area contributed by atoms with Gasteiger partial charge in [0.2, 0.25) is 0 Å². The Balaban J connectivity index is 2.33. The number of rotatable bonds is 5. The molecule has 0 N–H and O–H groups in total. The molecule has 7 nitrogen and oxygen atoms in total. The topological polar surface area (TPSA) is 103 Å². The highest BCUT2D eigenvalue weighted by atomic mass is 16.6. The minimum atomic E-state index is -0.657. The summed E-state index contributed by atoms with van der Waals surface area (Å²) in [5.41, 5.74) is 1.21. The zero-order valence-corrected chi connectivity index (χ0v) is 11.7. The summed E-state index contributed by atoms with van der Waals surface area (Å²) < 4.78 is 0. The average Bonchev–Trinajstić information content (AvgIpc) is 2.47. The molecule has 0 aromatic heterocycles. The first kappa shape index (κ1) is 15.3. The van der Waals surface area contributed by atoms with Crippen LogP contribution in [0.3, 0.4) is 0 Å². The van der Waals surface area contributed by atoms with Crippen LogP contribution in [0.15, 0.2) is 42.5 Å². The molecular weight excluding hydrogens is 288 g/mol. The Morgan fingerprint density at radius 2 is 1.41 bits per heavy atom. The predicted octanol–water partition coefficient (Wildman–Crippen LogP) is 3.30. The number of nitro groups is 2. The van der Waals surface area contributed by atoms with E-state index in [1.807, 2.05) is 0 Å². The van der Waals surface area contributed by atoms with Crippen LogP contribution in [0.5, 0.6) is 0 Å². The summed E-state index contributed by atoms with van der Waals surface area (Å²) in [6, 6.07) is 10.3. The van der Waals surface area contributed by atoms with Gasteiger partial charge in [-0.3, -0.25) is 25.0 Å². The van der Waals surface area contributed by atoms with Crippen molar-refractivity contribution >= 4 is 17.2 Å². The second-order valence-corrected chi connectivity index (χ2v) is 4.80. The summed E-state index contributed by atoms with van der Waals surface area (Å²) in [5, 5.41) is 21.7. The van der Waals surface area contributed by atoms with Crippen LogP contribution in [0.2, 0.25) is 0 Å². The maximum absolute atomic E-state index is 11.2. The van der Waals surface area contributed by atoms with Gasteiger partial charge in [0, 0.05) is 17.7 Å². The van der Waals surface area contributed by atoms with Crippen molar-refractivity contribution in [2.45, 2.75) is 13.3 Å². The molecule has 22 heavy (non-hydrogen) atoms. The van der Waals surface area contributed by atoms with Crippen molar-refractivity contribution in [3.8, 4) is 0 Å². The lowest BCUT2D eigenvalue weighted by Crippen LogP contribution is -1.97. The number of carbonyl (C=O) groups is 1. The Morgan fingerprint density at radius 3 is 1.82 bits per heavy atom. The standard InChI is InChI=1S/C15H12N2O5/c1-10(18)13-4-2-11(3-5-13)6-12-7-14(16(19)20)9-15(8-12)17(21)22/h2-5,7-9H,6H2,1H3. The van der Waals surface area contributed by atoms with Crippen molar-refractivity contribution in [1.29, 1.82) is 0 Å². The highest BCUT2D eigenvalue weighted by Crippen LogP contribution is 2.24. The van der Waals surface area contributed by atoms with E-state index in [4.69, 9.17) is 0 Å². The van der Waals surface area contributed by atoms with Gasteiger partial charge in [-0.15, -0.1) is 0 Å². The molecule has 0 atom stereocenters. The fraction of sp³-hybridized carbons (Fsp3) is 0.133. The summed E-state index contributed by atoms with van der Waals surface area (Å²) in [7, 11) is 0. The van der Waals surface area contributed by atoms with E-state index >= 15 is 0 Å². The second kappa shape index (κ2) is 6.13. The van der Waals surface area contributed by atoms with Gasteiger partial charge in [0.1, 0.15) is 0 Å². The number of carbonyl (C=O) groups excluding carboxylic acids is 1. The smallest absolute Gasteiger partial charge is 0.276 e. The van der Waals surface area contributed by atoms with Crippen molar-refractivity contribution in [2.75, 3.05) is 0 Å². The Morgan fingerprint density at radius 1 is 0.909 bits per heavy atom. The van der Waals surface area contributed by atoms with Crippen molar-refractivity contribution < 1.29 is 14.6 Å². The molecule has 0 unspecified atom stereocenters. The predicted molar refractivity (Wildman–Crippen MR) is 79.0 cm³/mol. The number of nitro benzene ring substituents is 2. The van der Waals surface area contributed by atoms with Crippen molar-refractivity contribution in [3.05, 3.63) is 79.4 Å². The lowest BCUT2D eigenvalue weighted by molar-refractivity contribution is -0.394. The lowest BCUT2D eigenvalue weighted by Gasteiger charge is -2.04. The SMILES string of the molecule is CC(=O)c1ccc(Cc2cc([N+](=O)[O-])cc([N+](=O)[O-])c2)cc1. The van der Waals surface area contributed by atoms with E-state index in [9.17, 15) is 25.0 Å². The molecular formula is C15H12N2O5. The average molecular weight is 300 g/mol. The lowest BCUT2D eigenvalue weighted by atomic mass is 10.0. The molecule has 0 aliphatic carbocycles. The Bertz CT molecular complexity index is 721. The third-order valence-corrected chi connectivity index (χ3v) is 3.15. The molecule has 0 amide bonds. The third-order valence-electron chi connectivity index (χ3n) is 3.15. The van der Waals surface area contributed by atoms with Crippen molar-refractivity contribution in [2.24, 2.45) is 0 Å². The Hall–Kier alpha value is -3.09. The summed E-state index contributed by atoms with van der Waals surface area (Å²) >= 11 is 0. The normalized spacial score (nSPS) is 10.2. The van der Waals surface area contributed by atoms with Gasteiger partial charge < -0.3 is 0 Å². The number of hydrogen-bond acceptors (Lipinski definition) is 5. The first-order valence-corrected chi connectivity index (χ1v) is 6.39. The van der Waals surface area contributed by atoms with Crippen LogP contribution in [0, 0.1) is 20.2 Å². The summed E-state index contributed by atoms with van der Waals surface area (Å²) in [6.07, 6.45) is 0.306. The molecule has 2 aromatic carbocycles. The van der Waals surface area contributed by atoms with Crippen LogP contribution in [0.4, 0.5) is 11.4 Å². The van der Waals surface area contributed by atoms with Crippen LogP contribution in [0.25, 0.3) is 0 Å². The molecule has 0 saturated heterocycles. The van der Waals surface area contributed by atoms with Gasteiger partial charge >= 0.3 is 0 Å². The maximum Gasteiger partial charge on any atom is 0.276 e. The molecule has 0 radical (unpaired) electrons. The van der Waals surface area contributed by atoms with Crippen LogP contribution in [0.1, 0.15) is 28.4 Å². The van der Waals surface area contributed by atoms with Crippen LogP contribution in [-0.2, 0) is 6.42 Å². The van der Waals surface area contributed by atoms with Gasteiger partial charge in [-0.05, 0) is 24.5 Å². The maximum atomic E-state index is 11.2. The molecule has 0 fully saturated rings. The summed E-state index contributed by atoms with van der Waals surface area (Å²) in [4.78, 5) is 31.6. The van der Waals surface area contributed by atoms with Gasteiger partial charge in [0.25, 0.3) is 11.4 Å². The number of nitrogens with zero attached hydrogens (tertiary/aromatic N) is 2. The fourth-order valence-corrected chi connectivity index (χ4v) is 2.06. The quantitative estimate of drug-likeness (QED) is 0.478. The molecule has 0 spiro atoms. The van der Waals surface area contributed by atoms with Crippen LogP contribution < -0.4 is 0 Å². The minimum absolute atomic E-state index is 0.0578. The summed E-state index contributed by atoms with van der Waals surface area (Å²) in [5.74, 6) is -0.0578. The number of non-ortho nitro benzene ring substituents is 2. The molecule has 0 aliphatic rings. The van der Waals surface area contributed by atoms with E-state index in [0.717, 1.165) is 11.6 Å². The molecule has 0 bridgehead atoms. The zero-order chi connectivity index (χ0) is 16.3. The van der Waals surface area contributed by atoms with Gasteiger partial charge in [0.15, 0.2) is 5.78 Å². The van der Waals surface area contributed by atoms with Crippen LogP contribution in [-0.4, -0.2) is 15.6 Å². The third kappa shape index (κ3) is 3.51. The minimum Gasteiger partial charge on any atom is -0.295 e. The van der Waals surface area contributed by atoms with E-state index in [2.05, 4.69) is 0 Å². The molecule has 0 saturated carbocycles. The summed E-state index contributed by atoms with van der Waals surface area (Å²) in [6.45, 7) is 1.46. The highest BCUT2D eigenvalue weighted by Gasteiger charge is 2.16. The molecule has 112 valence electrons. The zero-order valence-electron chi connectivity index (χ0n) is 11.7. The van der Waals surface area contributed by atoms with E-state index < -0.39 is 9.85 Å². The molecule has 7 heteroatoms.